The molecule has 0 bridgehead atoms. The van der Waals surface area contributed by atoms with Crippen LogP contribution < -0.4 is 5.32 Å². The molecule has 0 aromatic carbocycles. The van der Waals surface area contributed by atoms with E-state index >= 15 is 0 Å². The second kappa shape index (κ2) is 4.35. The maximum absolute atomic E-state index is 13.1. The SMILES string of the molecule is O=C(N[C@@H]1COC[C@H]1F)c1ccccn1. The highest BCUT2D eigenvalue weighted by Gasteiger charge is 2.29. The van der Waals surface area contributed by atoms with E-state index in [2.05, 4.69) is 10.3 Å². The molecule has 5 heteroatoms. The zero-order valence-corrected chi connectivity index (χ0v) is 8.02. The number of carbonyl (C=O) groups excluding carboxylic acids is 1. The van der Waals surface area contributed by atoms with Gasteiger partial charge in [-0.15, -0.1) is 0 Å². The number of hydrogen-bond donors (Lipinski definition) is 1. The van der Waals surface area contributed by atoms with Crippen LogP contribution in [0.2, 0.25) is 0 Å². The normalized spacial score (nSPS) is 25.1. The van der Waals surface area contributed by atoms with Gasteiger partial charge in [0.25, 0.3) is 5.91 Å². The summed E-state index contributed by atoms with van der Waals surface area (Å²) in [7, 11) is 0. The molecule has 80 valence electrons. The molecule has 1 N–H and O–H groups in total. The van der Waals surface area contributed by atoms with Gasteiger partial charge in [-0.05, 0) is 12.1 Å². The Morgan fingerprint density at radius 1 is 1.53 bits per heavy atom. The molecule has 15 heavy (non-hydrogen) atoms. The first kappa shape index (κ1) is 10.0. The summed E-state index contributed by atoms with van der Waals surface area (Å²) in [5, 5.41) is 2.54. The average Bonchev–Trinajstić information content (AvgIpc) is 2.66. The molecule has 1 aliphatic heterocycles. The van der Waals surface area contributed by atoms with Crippen molar-refractivity contribution >= 4 is 5.91 Å². The lowest BCUT2D eigenvalue weighted by Crippen LogP contribution is -2.41. The van der Waals surface area contributed by atoms with Gasteiger partial charge in [0.05, 0.1) is 19.3 Å². The highest BCUT2D eigenvalue weighted by Crippen LogP contribution is 2.09. The van der Waals surface area contributed by atoms with Crippen molar-refractivity contribution in [2.75, 3.05) is 13.2 Å². The number of amides is 1. The molecule has 0 aliphatic carbocycles. The predicted molar refractivity (Wildman–Crippen MR) is 51.2 cm³/mol. The zero-order valence-electron chi connectivity index (χ0n) is 8.02. The average molecular weight is 210 g/mol. The van der Waals surface area contributed by atoms with Gasteiger partial charge in [-0.1, -0.05) is 6.07 Å². The third-order valence-electron chi connectivity index (χ3n) is 2.23. The first-order valence-corrected chi connectivity index (χ1v) is 4.71. The van der Waals surface area contributed by atoms with Gasteiger partial charge in [0.1, 0.15) is 11.9 Å². The summed E-state index contributed by atoms with van der Waals surface area (Å²) in [4.78, 5) is 15.4. The minimum atomic E-state index is -1.13. The maximum Gasteiger partial charge on any atom is 0.270 e. The monoisotopic (exact) mass is 210 g/mol. The van der Waals surface area contributed by atoms with Gasteiger partial charge in [0.2, 0.25) is 0 Å². The van der Waals surface area contributed by atoms with Crippen LogP contribution in [0.15, 0.2) is 24.4 Å². The number of alkyl halides is 1. The Bertz CT molecular complexity index is 345. The molecular weight excluding hydrogens is 199 g/mol. The standard InChI is InChI=1S/C10H11FN2O2/c11-7-5-15-6-9(7)13-10(14)8-3-1-2-4-12-8/h1-4,7,9H,5-6H2,(H,13,14)/t7-,9-/m1/s1. The van der Waals surface area contributed by atoms with E-state index in [1.165, 1.54) is 6.20 Å². The topological polar surface area (TPSA) is 51.2 Å². The Hall–Kier alpha value is -1.49. The summed E-state index contributed by atoms with van der Waals surface area (Å²) in [6.45, 7) is 0.271. The van der Waals surface area contributed by atoms with Gasteiger partial charge in [-0.25, -0.2) is 4.39 Å². The predicted octanol–water partition coefficient (Wildman–Crippen LogP) is 0.548. The third-order valence-corrected chi connectivity index (χ3v) is 2.23. The Morgan fingerprint density at radius 3 is 3.00 bits per heavy atom. The number of ether oxygens (including phenoxy) is 1. The maximum atomic E-state index is 13.1. The van der Waals surface area contributed by atoms with Gasteiger partial charge in [0.15, 0.2) is 0 Å². The molecule has 4 nitrogen and oxygen atoms in total. The minimum absolute atomic E-state index is 0.0488. The largest absolute Gasteiger partial charge is 0.376 e. The molecule has 1 aromatic heterocycles. The number of aromatic nitrogens is 1. The molecule has 1 fully saturated rings. The van der Waals surface area contributed by atoms with Crippen molar-refractivity contribution in [1.29, 1.82) is 0 Å². The fraction of sp³-hybridized carbons (Fsp3) is 0.400. The summed E-state index contributed by atoms with van der Waals surface area (Å²) in [5.74, 6) is -0.367. The molecule has 1 aliphatic rings. The first-order valence-electron chi connectivity index (χ1n) is 4.71. The Balaban J connectivity index is 1.98. The second-order valence-electron chi connectivity index (χ2n) is 3.35. The Morgan fingerprint density at radius 2 is 2.40 bits per heavy atom. The smallest absolute Gasteiger partial charge is 0.270 e. The van der Waals surface area contributed by atoms with Crippen molar-refractivity contribution in [2.24, 2.45) is 0 Å². The van der Waals surface area contributed by atoms with E-state index < -0.39 is 12.2 Å². The summed E-state index contributed by atoms with van der Waals surface area (Å²) < 4.78 is 18.0. The van der Waals surface area contributed by atoms with Crippen LogP contribution in [0.5, 0.6) is 0 Å². The van der Waals surface area contributed by atoms with Crippen molar-refractivity contribution in [2.45, 2.75) is 12.2 Å². The van der Waals surface area contributed by atoms with Gasteiger partial charge in [-0.3, -0.25) is 9.78 Å². The molecule has 2 heterocycles. The van der Waals surface area contributed by atoms with E-state index in [0.29, 0.717) is 0 Å². The molecule has 2 rings (SSSR count). The lowest BCUT2D eigenvalue weighted by atomic mass is 10.2. The van der Waals surface area contributed by atoms with Crippen LogP contribution in [-0.4, -0.2) is 36.3 Å². The van der Waals surface area contributed by atoms with E-state index in [9.17, 15) is 9.18 Å². The summed E-state index contributed by atoms with van der Waals surface area (Å²) in [6, 6.07) is 4.45. The van der Waals surface area contributed by atoms with Crippen LogP contribution >= 0.6 is 0 Å². The van der Waals surface area contributed by atoms with Crippen LogP contribution in [0.4, 0.5) is 4.39 Å². The van der Waals surface area contributed by atoms with Gasteiger partial charge >= 0.3 is 0 Å². The number of nitrogens with one attached hydrogen (secondary N) is 1. The molecule has 1 saturated heterocycles. The van der Waals surface area contributed by atoms with Crippen LogP contribution in [0.3, 0.4) is 0 Å². The molecule has 2 atom stereocenters. The minimum Gasteiger partial charge on any atom is -0.376 e. The fourth-order valence-electron chi connectivity index (χ4n) is 1.40. The summed E-state index contributed by atoms with van der Waals surface area (Å²) >= 11 is 0. The van der Waals surface area contributed by atoms with E-state index in [-0.39, 0.29) is 24.8 Å². The Labute approximate surface area is 86.5 Å². The molecule has 0 spiro atoms. The van der Waals surface area contributed by atoms with Crippen molar-refractivity contribution in [1.82, 2.24) is 10.3 Å². The van der Waals surface area contributed by atoms with Crippen molar-refractivity contribution in [3.63, 3.8) is 0 Å². The van der Waals surface area contributed by atoms with Gasteiger partial charge < -0.3 is 10.1 Å². The highest BCUT2D eigenvalue weighted by molar-refractivity contribution is 5.92. The van der Waals surface area contributed by atoms with Crippen molar-refractivity contribution in [3.05, 3.63) is 30.1 Å². The van der Waals surface area contributed by atoms with Gasteiger partial charge in [-0.2, -0.15) is 0 Å². The van der Waals surface area contributed by atoms with Crippen molar-refractivity contribution < 1.29 is 13.9 Å². The highest BCUT2D eigenvalue weighted by atomic mass is 19.1. The van der Waals surface area contributed by atoms with E-state index in [1.54, 1.807) is 18.2 Å². The number of carbonyl (C=O) groups is 1. The van der Waals surface area contributed by atoms with E-state index in [0.717, 1.165) is 0 Å². The molecule has 0 saturated carbocycles. The summed E-state index contributed by atoms with van der Waals surface area (Å²) in [6.07, 6.45) is 0.394. The first-order chi connectivity index (χ1) is 7.27. The molecule has 0 unspecified atom stereocenters. The molecule has 0 radical (unpaired) electrons. The van der Waals surface area contributed by atoms with E-state index in [4.69, 9.17) is 4.74 Å². The zero-order chi connectivity index (χ0) is 10.7. The lowest BCUT2D eigenvalue weighted by Gasteiger charge is -2.12. The van der Waals surface area contributed by atoms with Crippen LogP contribution in [0.1, 0.15) is 10.5 Å². The molecular formula is C10H11FN2O2. The molecule has 1 aromatic rings. The number of nitrogens with zero attached hydrogens (tertiary/aromatic N) is 1. The number of halogens is 1. The lowest BCUT2D eigenvalue weighted by molar-refractivity contribution is 0.0915. The molecule has 1 amide bonds. The van der Waals surface area contributed by atoms with Crippen LogP contribution in [0, 0.1) is 0 Å². The fourth-order valence-corrected chi connectivity index (χ4v) is 1.40. The van der Waals surface area contributed by atoms with Gasteiger partial charge in [0, 0.05) is 6.20 Å². The number of pyridine rings is 1. The Kier molecular flexibility index (Phi) is 2.91. The second-order valence-corrected chi connectivity index (χ2v) is 3.35. The third kappa shape index (κ3) is 2.30. The van der Waals surface area contributed by atoms with Crippen molar-refractivity contribution in [3.8, 4) is 0 Å². The van der Waals surface area contributed by atoms with Crippen LogP contribution in [-0.2, 0) is 4.74 Å². The summed E-state index contributed by atoms with van der Waals surface area (Å²) in [5.41, 5.74) is 0.289. The van der Waals surface area contributed by atoms with Crippen LogP contribution in [0.25, 0.3) is 0 Å². The number of hydrogen-bond acceptors (Lipinski definition) is 3. The van der Waals surface area contributed by atoms with E-state index in [1.807, 2.05) is 0 Å². The number of rotatable bonds is 2. The quantitative estimate of drug-likeness (QED) is 0.775.